The molecular weight excluding hydrogens is 527 g/mol. The highest BCUT2D eigenvalue weighted by Crippen LogP contribution is 2.33. The van der Waals surface area contributed by atoms with Crippen molar-refractivity contribution in [3.63, 3.8) is 0 Å². The van der Waals surface area contributed by atoms with Gasteiger partial charge >= 0.3 is 0 Å². The Hall–Kier alpha value is -1.64. The number of anilines is 1. The van der Waals surface area contributed by atoms with Crippen molar-refractivity contribution in [3.8, 4) is 11.4 Å². The molecule has 1 aromatic heterocycles. The fourth-order valence-corrected chi connectivity index (χ4v) is 4.29. The molecule has 0 radical (unpaired) electrons. The third kappa shape index (κ3) is 5.59. The Labute approximate surface area is 203 Å². The monoisotopic (exact) mass is 542 g/mol. The number of piperidine rings is 1. The first-order valence-corrected chi connectivity index (χ1v) is 11.6. The number of likely N-dealkylation sites (tertiary alicyclic amines) is 1. The first-order chi connectivity index (χ1) is 14.9. The van der Waals surface area contributed by atoms with E-state index in [1.807, 2.05) is 24.3 Å². The van der Waals surface area contributed by atoms with Crippen LogP contribution in [0.1, 0.15) is 18.7 Å². The summed E-state index contributed by atoms with van der Waals surface area (Å²) in [5.41, 5.74) is 1.37. The van der Waals surface area contributed by atoms with Gasteiger partial charge in [0.2, 0.25) is 17.6 Å². The molecule has 1 N–H and O–H groups in total. The number of aromatic nitrogens is 2. The van der Waals surface area contributed by atoms with Crippen molar-refractivity contribution in [2.24, 2.45) is 5.92 Å². The molecule has 0 unspecified atom stereocenters. The van der Waals surface area contributed by atoms with Crippen LogP contribution in [0, 0.1) is 5.92 Å². The van der Waals surface area contributed by atoms with Crippen LogP contribution < -0.4 is 5.32 Å². The maximum atomic E-state index is 12.7. The van der Waals surface area contributed by atoms with Gasteiger partial charge in [0.05, 0.1) is 27.3 Å². The number of halogens is 4. The van der Waals surface area contributed by atoms with Gasteiger partial charge in [0.1, 0.15) is 0 Å². The van der Waals surface area contributed by atoms with Gasteiger partial charge in [-0.1, -0.05) is 55.9 Å². The van der Waals surface area contributed by atoms with E-state index >= 15 is 0 Å². The van der Waals surface area contributed by atoms with Crippen LogP contribution in [0.2, 0.25) is 15.1 Å². The predicted molar refractivity (Wildman–Crippen MR) is 126 cm³/mol. The minimum atomic E-state index is -0.109. The molecule has 162 valence electrons. The SMILES string of the molecule is O=C(Nc1cc(Cl)c(Cl)cc1Cl)C1CCN(Cc2nc(-c3ccc(Br)cc3)no2)CC1. The molecule has 4 rings (SSSR count). The summed E-state index contributed by atoms with van der Waals surface area (Å²) in [5, 5.41) is 7.98. The number of hydrogen-bond donors (Lipinski definition) is 1. The zero-order valence-corrected chi connectivity index (χ0v) is 20.1. The second-order valence-corrected chi connectivity index (χ2v) is 9.44. The highest BCUT2D eigenvalue weighted by Gasteiger charge is 2.26. The molecule has 3 aromatic rings. The average Bonchev–Trinajstić information content (AvgIpc) is 3.21. The molecule has 31 heavy (non-hydrogen) atoms. The molecule has 1 aliphatic heterocycles. The topological polar surface area (TPSA) is 71.3 Å². The van der Waals surface area contributed by atoms with E-state index in [-0.39, 0.29) is 11.8 Å². The number of hydrogen-bond acceptors (Lipinski definition) is 5. The summed E-state index contributed by atoms with van der Waals surface area (Å²) in [6.45, 7) is 2.06. The molecule has 2 aromatic carbocycles. The Bertz CT molecular complexity index is 1080. The molecule has 0 saturated carbocycles. The van der Waals surface area contributed by atoms with E-state index in [0.717, 1.165) is 36.0 Å². The lowest BCUT2D eigenvalue weighted by Gasteiger charge is -2.30. The first kappa shape index (κ1) is 22.6. The molecule has 10 heteroatoms. The molecule has 1 amide bonds. The third-order valence-electron chi connectivity index (χ3n) is 5.16. The highest BCUT2D eigenvalue weighted by molar-refractivity contribution is 9.10. The number of rotatable bonds is 5. The molecular formula is C21H18BrCl3N4O2. The van der Waals surface area contributed by atoms with Crippen LogP contribution in [0.3, 0.4) is 0 Å². The summed E-state index contributed by atoms with van der Waals surface area (Å²) in [4.78, 5) is 19.3. The summed E-state index contributed by atoms with van der Waals surface area (Å²) < 4.78 is 6.40. The van der Waals surface area contributed by atoms with Gasteiger partial charge in [0.15, 0.2) is 0 Å². The van der Waals surface area contributed by atoms with E-state index in [2.05, 4.69) is 36.3 Å². The molecule has 1 aliphatic rings. The molecule has 0 aliphatic carbocycles. The van der Waals surface area contributed by atoms with Crippen molar-refractivity contribution in [2.45, 2.75) is 19.4 Å². The number of carbonyl (C=O) groups excluding carboxylic acids is 1. The minimum Gasteiger partial charge on any atom is -0.338 e. The standard InChI is InChI=1S/C21H18BrCl3N4O2/c22-14-3-1-12(2-4-14)20-27-19(31-28-20)11-29-7-5-13(6-8-29)21(30)26-18-10-16(24)15(23)9-17(18)25/h1-4,9-10,13H,5-8,11H2,(H,26,30). The van der Waals surface area contributed by atoms with Crippen molar-refractivity contribution in [2.75, 3.05) is 18.4 Å². The molecule has 2 heterocycles. The third-order valence-corrected chi connectivity index (χ3v) is 6.72. The van der Waals surface area contributed by atoms with E-state index in [9.17, 15) is 4.79 Å². The smallest absolute Gasteiger partial charge is 0.241 e. The van der Waals surface area contributed by atoms with Crippen LogP contribution in [0.4, 0.5) is 5.69 Å². The second kappa shape index (κ2) is 9.88. The molecule has 1 saturated heterocycles. The Kier molecular flexibility index (Phi) is 7.19. The second-order valence-electron chi connectivity index (χ2n) is 7.30. The Morgan fingerprint density at radius 1 is 1.10 bits per heavy atom. The van der Waals surface area contributed by atoms with Crippen LogP contribution in [-0.2, 0) is 11.3 Å². The zero-order valence-electron chi connectivity index (χ0n) is 16.2. The number of benzene rings is 2. The molecule has 6 nitrogen and oxygen atoms in total. The van der Waals surface area contributed by atoms with E-state index in [1.165, 1.54) is 6.07 Å². The summed E-state index contributed by atoms with van der Waals surface area (Å²) in [5.74, 6) is 0.941. The van der Waals surface area contributed by atoms with Crippen molar-refractivity contribution < 1.29 is 9.32 Å². The van der Waals surface area contributed by atoms with Gasteiger partial charge in [0.25, 0.3) is 0 Å². The van der Waals surface area contributed by atoms with Gasteiger partial charge in [0, 0.05) is 16.0 Å². The van der Waals surface area contributed by atoms with Crippen LogP contribution in [0.5, 0.6) is 0 Å². The normalized spacial score (nSPS) is 15.2. The first-order valence-electron chi connectivity index (χ1n) is 9.65. The maximum Gasteiger partial charge on any atom is 0.241 e. The van der Waals surface area contributed by atoms with Crippen LogP contribution in [-0.4, -0.2) is 34.0 Å². The molecule has 0 atom stereocenters. The summed E-state index contributed by atoms with van der Waals surface area (Å²) >= 11 is 21.5. The zero-order chi connectivity index (χ0) is 22.0. The summed E-state index contributed by atoms with van der Waals surface area (Å²) in [6.07, 6.45) is 1.44. The van der Waals surface area contributed by atoms with E-state index < -0.39 is 0 Å². The lowest BCUT2D eigenvalue weighted by atomic mass is 9.96. The number of amides is 1. The van der Waals surface area contributed by atoms with E-state index in [0.29, 0.717) is 39.0 Å². The highest BCUT2D eigenvalue weighted by atomic mass is 79.9. The Morgan fingerprint density at radius 2 is 1.77 bits per heavy atom. The van der Waals surface area contributed by atoms with Crippen LogP contribution in [0.25, 0.3) is 11.4 Å². The quantitative estimate of drug-likeness (QED) is 0.381. The van der Waals surface area contributed by atoms with Gasteiger partial charge in [-0.05, 0) is 62.3 Å². The largest absolute Gasteiger partial charge is 0.338 e. The maximum absolute atomic E-state index is 12.7. The van der Waals surface area contributed by atoms with Gasteiger partial charge in [-0.25, -0.2) is 0 Å². The van der Waals surface area contributed by atoms with Gasteiger partial charge < -0.3 is 9.84 Å². The number of nitrogens with zero attached hydrogens (tertiary/aromatic N) is 3. The predicted octanol–water partition coefficient (Wildman–Crippen LogP) is 6.31. The number of carbonyl (C=O) groups is 1. The van der Waals surface area contributed by atoms with E-state index in [1.54, 1.807) is 6.07 Å². The lowest BCUT2D eigenvalue weighted by molar-refractivity contribution is -0.121. The summed E-state index contributed by atoms with van der Waals surface area (Å²) in [7, 11) is 0. The fourth-order valence-electron chi connectivity index (χ4n) is 3.43. The van der Waals surface area contributed by atoms with Crippen molar-refractivity contribution in [3.05, 3.63) is 61.8 Å². The van der Waals surface area contributed by atoms with Crippen LogP contribution in [0.15, 0.2) is 45.4 Å². The molecule has 0 spiro atoms. The molecule has 0 bridgehead atoms. The van der Waals surface area contributed by atoms with Crippen molar-refractivity contribution in [1.29, 1.82) is 0 Å². The molecule has 1 fully saturated rings. The Balaban J connectivity index is 1.30. The van der Waals surface area contributed by atoms with Gasteiger partial charge in [-0.15, -0.1) is 0 Å². The van der Waals surface area contributed by atoms with Gasteiger partial charge in [-0.3, -0.25) is 9.69 Å². The number of nitrogens with one attached hydrogen (secondary N) is 1. The average molecular weight is 545 g/mol. The lowest BCUT2D eigenvalue weighted by Crippen LogP contribution is -2.37. The van der Waals surface area contributed by atoms with Gasteiger partial charge in [-0.2, -0.15) is 4.98 Å². The summed E-state index contributed by atoms with van der Waals surface area (Å²) in [6, 6.07) is 10.8. The van der Waals surface area contributed by atoms with E-state index in [4.69, 9.17) is 39.3 Å². The minimum absolute atomic E-state index is 0.0738. The van der Waals surface area contributed by atoms with Crippen molar-refractivity contribution in [1.82, 2.24) is 15.0 Å². The van der Waals surface area contributed by atoms with Crippen LogP contribution >= 0.6 is 50.7 Å². The Morgan fingerprint density at radius 3 is 2.48 bits per heavy atom. The van der Waals surface area contributed by atoms with Crippen molar-refractivity contribution >= 4 is 62.3 Å². The fraction of sp³-hybridized carbons (Fsp3) is 0.286.